The van der Waals surface area contributed by atoms with Crippen molar-refractivity contribution in [1.82, 2.24) is 9.80 Å². The molecule has 31 heavy (non-hydrogen) atoms. The Balaban J connectivity index is 1.67. The molecular weight excluding hydrogens is 403 g/mol. The molecule has 0 saturated carbocycles. The maximum atomic E-state index is 13.2. The lowest BCUT2D eigenvalue weighted by Crippen LogP contribution is -2.46. The van der Waals surface area contributed by atoms with Crippen LogP contribution >= 0.6 is 0 Å². The number of carbonyl (C=O) groups excluding carboxylic acids is 2. The second-order valence-electron chi connectivity index (χ2n) is 7.60. The third-order valence-corrected chi connectivity index (χ3v) is 5.24. The molecule has 1 aromatic heterocycles. The average Bonchev–Trinajstić information content (AvgIpc) is 3.46. The number of benzene rings is 1. The summed E-state index contributed by atoms with van der Waals surface area (Å²) in [5.41, 5.74) is 0.688. The van der Waals surface area contributed by atoms with Crippen LogP contribution in [0.1, 0.15) is 24.2 Å². The van der Waals surface area contributed by atoms with Crippen LogP contribution in [0.4, 0.5) is 4.39 Å². The maximum absolute atomic E-state index is 13.2. The van der Waals surface area contributed by atoms with E-state index in [0.717, 1.165) is 12.8 Å². The number of rotatable bonds is 11. The lowest BCUT2D eigenvalue weighted by atomic mass is 10.1. The van der Waals surface area contributed by atoms with Crippen molar-refractivity contribution in [2.75, 3.05) is 40.0 Å². The zero-order valence-electron chi connectivity index (χ0n) is 17.8. The Morgan fingerprint density at radius 1 is 1.16 bits per heavy atom. The summed E-state index contributed by atoms with van der Waals surface area (Å²) in [6.07, 6.45) is 3.52. The first kappa shape index (κ1) is 23.0. The lowest BCUT2D eigenvalue weighted by Gasteiger charge is -2.28. The number of hydrogen-bond donors (Lipinski definition) is 0. The van der Waals surface area contributed by atoms with Gasteiger partial charge in [0.25, 0.3) is 0 Å². The number of furan rings is 1. The SMILES string of the molecule is COCCN(CC(=O)N(Cc1ccco1)CC1CCCO1)C(=O)Cc1ccc(F)cc1. The predicted octanol–water partition coefficient (Wildman–Crippen LogP) is 2.64. The molecule has 1 aliphatic rings. The van der Waals surface area contributed by atoms with Crippen LogP contribution in [0.5, 0.6) is 0 Å². The fraction of sp³-hybridized carbons (Fsp3) is 0.478. The average molecular weight is 432 g/mol. The number of hydrogen-bond acceptors (Lipinski definition) is 5. The van der Waals surface area contributed by atoms with E-state index in [4.69, 9.17) is 13.9 Å². The Kier molecular flexibility index (Phi) is 8.61. The molecule has 3 rings (SSSR count). The zero-order valence-corrected chi connectivity index (χ0v) is 17.8. The van der Waals surface area contributed by atoms with Gasteiger partial charge in [-0.05, 0) is 42.7 Å². The molecule has 0 radical (unpaired) electrons. The van der Waals surface area contributed by atoms with E-state index in [1.54, 1.807) is 36.5 Å². The molecule has 1 saturated heterocycles. The minimum atomic E-state index is -0.356. The Hall–Kier alpha value is -2.71. The quantitative estimate of drug-likeness (QED) is 0.546. The molecule has 1 aliphatic heterocycles. The highest BCUT2D eigenvalue weighted by molar-refractivity contribution is 5.86. The highest BCUT2D eigenvalue weighted by atomic mass is 19.1. The van der Waals surface area contributed by atoms with Crippen LogP contribution in [0, 0.1) is 5.82 Å². The van der Waals surface area contributed by atoms with Crippen LogP contribution in [0.15, 0.2) is 47.1 Å². The predicted molar refractivity (Wildman–Crippen MR) is 112 cm³/mol. The fourth-order valence-corrected chi connectivity index (χ4v) is 3.52. The molecule has 2 amide bonds. The summed E-state index contributed by atoms with van der Waals surface area (Å²) in [6, 6.07) is 9.38. The summed E-state index contributed by atoms with van der Waals surface area (Å²) in [6.45, 7) is 1.99. The Morgan fingerprint density at radius 2 is 1.97 bits per heavy atom. The molecule has 0 bridgehead atoms. The van der Waals surface area contributed by atoms with E-state index in [9.17, 15) is 14.0 Å². The van der Waals surface area contributed by atoms with E-state index >= 15 is 0 Å². The van der Waals surface area contributed by atoms with E-state index in [-0.39, 0.29) is 43.2 Å². The molecule has 2 aromatic rings. The highest BCUT2D eigenvalue weighted by Crippen LogP contribution is 2.16. The molecule has 168 valence electrons. The van der Waals surface area contributed by atoms with E-state index in [1.807, 2.05) is 6.07 Å². The first-order valence-electron chi connectivity index (χ1n) is 10.5. The van der Waals surface area contributed by atoms with Crippen molar-refractivity contribution >= 4 is 11.8 Å². The van der Waals surface area contributed by atoms with Crippen molar-refractivity contribution in [3.05, 3.63) is 59.8 Å². The smallest absolute Gasteiger partial charge is 0.242 e. The standard InChI is InChI=1S/C23H29FN2O5/c1-29-13-10-25(22(27)14-18-6-8-19(24)9-7-18)17-23(28)26(15-20-4-2-11-30-20)16-21-5-3-12-31-21/h2,4,6-9,11,21H,3,5,10,12-17H2,1H3. The van der Waals surface area contributed by atoms with Crippen molar-refractivity contribution in [2.24, 2.45) is 0 Å². The molecule has 1 unspecified atom stereocenters. The number of nitrogens with zero attached hydrogens (tertiary/aromatic N) is 2. The van der Waals surface area contributed by atoms with Gasteiger partial charge in [-0.15, -0.1) is 0 Å². The van der Waals surface area contributed by atoms with Gasteiger partial charge in [-0.2, -0.15) is 0 Å². The van der Waals surface area contributed by atoms with Crippen LogP contribution in [0.2, 0.25) is 0 Å². The normalized spacial score (nSPS) is 15.7. The number of amides is 2. The van der Waals surface area contributed by atoms with Gasteiger partial charge >= 0.3 is 0 Å². The van der Waals surface area contributed by atoms with Gasteiger partial charge in [0.2, 0.25) is 11.8 Å². The van der Waals surface area contributed by atoms with Gasteiger partial charge in [-0.25, -0.2) is 4.39 Å². The van der Waals surface area contributed by atoms with E-state index < -0.39 is 0 Å². The third kappa shape index (κ3) is 7.18. The summed E-state index contributed by atoms with van der Waals surface area (Å²) in [5.74, 6) is -0.0831. The number of methoxy groups -OCH3 is 1. The Labute approximate surface area is 181 Å². The first-order valence-corrected chi connectivity index (χ1v) is 10.5. The van der Waals surface area contributed by atoms with Gasteiger partial charge in [-0.1, -0.05) is 12.1 Å². The molecule has 2 heterocycles. The van der Waals surface area contributed by atoms with Crippen LogP contribution < -0.4 is 0 Å². The molecule has 8 heteroatoms. The lowest BCUT2D eigenvalue weighted by molar-refractivity contribution is -0.142. The summed E-state index contributed by atoms with van der Waals surface area (Å²) < 4.78 is 29.4. The van der Waals surface area contributed by atoms with Crippen LogP contribution in [0.3, 0.4) is 0 Å². The Morgan fingerprint density at radius 3 is 2.61 bits per heavy atom. The van der Waals surface area contributed by atoms with Crippen molar-refractivity contribution in [3.8, 4) is 0 Å². The fourth-order valence-electron chi connectivity index (χ4n) is 3.52. The molecule has 1 fully saturated rings. The first-order chi connectivity index (χ1) is 15.0. The van der Waals surface area contributed by atoms with Gasteiger partial charge in [0.15, 0.2) is 0 Å². The summed E-state index contributed by atoms with van der Waals surface area (Å²) >= 11 is 0. The Bertz CT molecular complexity index is 819. The molecule has 0 spiro atoms. The summed E-state index contributed by atoms with van der Waals surface area (Å²) in [4.78, 5) is 29.2. The van der Waals surface area contributed by atoms with Crippen molar-refractivity contribution in [2.45, 2.75) is 31.9 Å². The minimum Gasteiger partial charge on any atom is -0.467 e. The molecule has 0 N–H and O–H groups in total. The van der Waals surface area contributed by atoms with E-state index in [0.29, 0.717) is 37.6 Å². The van der Waals surface area contributed by atoms with Crippen LogP contribution in [0.25, 0.3) is 0 Å². The minimum absolute atomic E-state index is 0.0127. The highest BCUT2D eigenvalue weighted by Gasteiger charge is 2.26. The zero-order chi connectivity index (χ0) is 22.1. The van der Waals surface area contributed by atoms with Gasteiger partial charge < -0.3 is 23.7 Å². The summed E-state index contributed by atoms with van der Waals surface area (Å²) in [5, 5.41) is 0. The number of halogens is 1. The van der Waals surface area contributed by atoms with Crippen LogP contribution in [-0.4, -0.2) is 67.7 Å². The number of carbonyl (C=O) groups is 2. The van der Waals surface area contributed by atoms with Crippen molar-refractivity contribution in [1.29, 1.82) is 0 Å². The topological polar surface area (TPSA) is 72.2 Å². The van der Waals surface area contributed by atoms with Gasteiger partial charge in [0, 0.05) is 26.8 Å². The van der Waals surface area contributed by atoms with Crippen molar-refractivity contribution in [3.63, 3.8) is 0 Å². The molecular formula is C23H29FN2O5. The molecule has 7 nitrogen and oxygen atoms in total. The largest absolute Gasteiger partial charge is 0.467 e. The second-order valence-corrected chi connectivity index (χ2v) is 7.60. The van der Waals surface area contributed by atoms with E-state index in [1.165, 1.54) is 17.0 Å². The third-order valence-electron chi connectivity index (χ3n) is 5.24. The van der Waals surface area contributed by atoms with Crippen molar-refractivity contribution < 1.29 is 27.9 Å². The molecule has 1 atom stereocenters. The van der Waals surface area contributed by atoms with E-state index in [2.05, 4.69) is 0 Å². The summed E-state index contributed by atoms with van der Waals surface area (Å²) in [7, 11) is 1.55. The maximum Gasteiger partial charge on any atom is 0.242 e. The molecule has 0 aliphatic carbocycles. The van der Waals surface area contributed by atoms with Gasteiger partial charge in [0.05, 0.1) is 38.5 Å². The number of ether oxygens (including phenoxy) is 2. The van der Waals surface area contributed by atoms with Crippen LogP contribution in [-0.2, 0) is 32.0 Å². The monoisotopic (exact) mass is 432 g/mol. The molecule has 1 aromatic carbocycles. The second kappa shape index (κ2) is 11.6. The van der Waals surface area contributed by atoms with Gasteiger partial charge in [0.1, 0.15) is 11.6 Å². The van der Waals surface area contributed by atoms with Gasteiger partial charge in [-0.3, -0.25) is 9.59 Å².